The van der Waals surface area contributed by atoms with E-state index in [1.54, 1.807) is 17.0 Å². The second-order valence-electron chi connectivity index (χ2n) is 2.43. The summed E-state index contributed by atoms with van der Waals surface area (Å²) in [6.45, 7) is 9.26. The molecule has 62 valence electrons. The number of aromatic nitrogens is 3. The van der Waals surface area contributed by atoms with Crippen LogP contribution in [0.25, 0.3) is 12.3 Å². The molecule has 0 fully saturated rings. The first-order valence-electron chi connectivity index (χ1n) is 3.59. The van der Waals surface area contributed by atoms with Gasteiger partial charge >= 0.3 is 0 Å². The van der Waals surface area contributed by atoms with E-state index in [2.05, 4.69) is 23.2 Å². The van der Waals surface area contributed by atoms with Crippen molar-refractivity contribution in [2.75, 3.05) is 0 Å². The Morgan fingerprint density at radius 1 is 1.67 bits per heavy atom. The second kappa shape index (κ2) is 3.67. The molecular weight excluding hydrogens is 150 g/mol. The molecule has 0 bridgehead atoms. The maximum absolute atomic E-state index is 3.97. The number of rotatable bonds is 3. The van der Waals surface area contributed by atoms with Crippen molar-refractivity contribution in [3.63, 3.8) is 0 Å². The predicted molar refractivity (Wildman–Crippen MR) is 50.3 cm³/mol. The molecule has 0 atom stereocenters. The van der Waals surface area contributed by atoms with Crippen LogP contribution in [0.4, 0.5) is 0 Å². The van der Waals surface area contributed by atoms with Crippen LogP contribution in [0.3, 0.4) is 0 Å². The van der Waals surface area contributed by atoms with Gasteiger partial charge in [0.2, 0.25) is 0 Å². The SMILES string of the molecule is C=Cc1ncnn1/C=C\C(=C)C. The summed E-state index contributed by atoms with van der Waals surface area (Å²) < 4.78 is 1.64. The molecule has 0 N–H and O–H groups in total. The van der Waals surface area contributed by atoms with Crippen LogP contribution in [-0.2, 0) is 0 Å². The molecule has 0 aliphatic heterocycles. The van der Waals surface area contributed by atoms with E-state index < -0.39 is 0 Å². The molecule has 12 heavy (non-hydrogen) atoms. The summed E-state index contributed by atoms with van der Waals surface area (Å²) in [5.41, 5.74) is 0.973. The van der Waals surface area contributed by atoms with Crippen LogP contribution in [0.5, 0.6) is 0 Å². The number of allylic oxidation sites excluding steroid dienone is 2. The van der Waals surface area contributed by atoms with Crippen molar-refractivity contribution in [3.05, 3.63) is 37.0 Å². The Morgan fingerprint density at radius 3 is 3.00 bits per heavy atom. The quantitative estimate of drug-likeness (QED) is 0.634. The van der Waals surface area contributed by atoms with Crippen LogP contribution < -0.4 is 0 Å². The van der Waals surface area contributed by atoms with Crippen molar-refractivity contribution in [1.29, 1.82) is 0 Å². The van der Waals surface area contributed by atoms with Gasteiger partial charge in [0.25, 0.3) is 0 Å². The van der Waals surface area contributed by atoms with Gasteiger partial charge in [0.15, 0.2) is 5.82 Å². The molecule has 0 saturated heterocycles. The third-order valence-corrected chi connectivity index (χ3v) is 1.28. The van der Waals surface area contributed by atoms with E-state index in [9.17, 15) is 0 Å². The van der Waals surface area contributed by atoms with E-state index in [1.807, 2.05) is 13.0 Å². The lowest BCUT2D eigenvalue weighted by Gasteiger charge is -1.92. The number of hydrogen-bond acceptors (Lipinski definition) is 2. The first-order valence-corrected chi connectivity index (χ1v) is 3.59. The monoisotopic (exact) mass is 161 g/mol. The Labute approximate surface area is 71.7 Å². The highest BCUT2D eigenvalue weighted by Gasteiger charge is 1.93. The van der Waals surface area contributed by atoms with Gasteiger partial charge in [-0.2, -0.15) is 5.10 Å². The summed E-state index contributed by atoms with van der Waals surface area (Å²) >= 11 is 0. The van der Waals surface area contributed by atoms with Crippen molar-refractivity contribution in [1.82, 2.24) is 14.8 Å². The van der Waals surface area contributed by atoms with Crippen molar-refractivity contribution in [3.8, 4) is 0 Å². The molecule has 3 heteroatoms. The van der Waals surface area contributed by atoms with Gasteiger partial charge in [-0.15, -0.1) is 0 Å². The summed E-state index contributed by atoms with van der Waals surface area (Å²) in [5.74, 6) is 0.729. The minimum absolute atomic E-state index is 0.729. The molecule has 1 aromatic heterocycles. The molecule has 0 saturated carbocycles. The molecule has 0 aliphatic rings. The van der Waals surface area contributed by atoms with Gasteiger partial charge in [-0.05, 0) is 19.1 Å². The molecule has 1 aromatic rings. The third kappa shape index (κ3) is 1.92. The summed E-state index contributed by atoms with van der Waals surface area (Å²) in [6.07, 6.45) is 6.80. The largest absolute Gasteiger partial charge is 0.221 e. The molecule has 1 heterocycles. The molecule has 0 unspecified atom stereocenters. The lowest BCUT2D eigenvalue weighted by Crippen LogP contribution is -1.91. The molecule has 0 radical (unpaired) electrons. The van der Waals surface area contributed by atoms with Crippen LogP contribution >= 0.6 is 0 Å². The number of nitrogens with zero attached hydrogens (tertiary/aromatic N) is 3. The molecule has 0 amide bonds. The predicted octanol–water partition coefficient (Wildman–Crippen LogP) is 1.97. The Hall–Kier alpha value is -1.64. The average Bonchev–Trinajstić information content (AvgIpc) is 2.47. The zero-order valence-electron chi connectivity index (χ0n) is 7.07. The van der Waals surface area contributed by atoms with Gasteiger partial charge in [0.1, 0.15) is 6.33 Å². The normalized spacial score (nSPS) is 10.4. The van der Waals surface area contributed by atoms with Gasteiger partial charge in [-0.1, -0.05) is 18.7 Å². The molecule has 0 aliphatic carbocycles. The van der Waals surface area contributed by atoms with Gasteiger partial charge < -0.3 is 0 Å². The van der Waals surface area contributed by atoms with E-state index in [0.29, 0.717) is 0 Å². The fourth-order valence-electron chi connectivity index (χ4n) is 0.718. The van der Waals surface area contributed by atoms with Crippen molar-refractivity contribution < 1.29 is 0 Å². The van der Waals surface area contributed by atoms with E-state index in [0.717, 1.165) is 11.4 Å². The standard InChI is InChI=1S/C9H11N3/c1-4-9-10-7-11-12(9)6-5-8(2)3/h4-7H,1-2H2,3H3/b6-5-. The van der Waals surface area contributed by atoms with Gasteiger partial charge in [0, 0.05) is 6.20 Å². The average molecular weight is 161 g/mol. The van der Waals surface area contributed by atoms with Crippen LogP contribution in [0.15, 0.2) is 31.1 Å². The van der Waals surface area contributed by atoms with Crippen LogP contribution in [0, 0.1) is 0 Å². The highest BCUT2D eigenvalue weighted by molar-refractivity contribution is 5.42. The zero-order valence-corrected chi connectivity index (χ0v) is 7.07. The van der Waals surface area contributed by atoms with Crippen molar-refractivity contribution >= 4 is 12.3 Å². The Bertz CT molecular complexity index is 320. The Kier molecular flexibility index (Phi) is 2.58. The molecule has 3 nitrogen and oxygen atoms in total. The lowest BCUT2D eigenvalue weighted by molar-refractivity contribution is 0.921. The fraction of sp³-hybridized carbons (Fsp3) is 0.111. The van der Waals surface area contributed by atoms with Gasteiger partial charge in [-0.25, -0.2) is 9.67 Å². The molecule has 0 spiro atoms. The number of hydrogen-bond donors (Lipinski definition) is 0. The lowest BCUT2D eigenvalue weighted by atomic mass is 10.3. The first kappa shape index (κ1) is 8.46. The van der Waals surface area contributed by atoms with Gasteiger partial charge in [-0.3, -0.25) is 0 Å². The summed E-state index contributed by atoms with van der Waals surface area (Å²) in [7, 11) is 0. The highest BCUT2D eigenvalue weighted by atomic mass is 15.3. The minimum Gasteiger partial charge on any atom is -0.221 e. The maximum atomic E-state index is 3.97. The van der Waals surface area contributed by atoms with Crippen molar-refractivity contribution in [2.24, 2.45) is 0 Å². The minimum atomic E-state index is 0.729. The van der Waals surface area contributed by atoms with E-state index in [4.69, 9.17) is 0 Å². The Morgan fingerprint density at radius 2 is 2.42 bits per heavy atom. The van der Waals surface area contributed by atoms with Crippen molar-refractivity contribution in [2.45, 2.75) is 6.92 Å². The zero-order chi connectivity index (χ0) is 8.97. The van der Waals surface area contributed by atoms with E-state index >= 15 is 0 Å². The fourth-order valence-corrected chi connectivity index (χ4v) is 0.718. The van der Waals surface area contributed by atoms with Gasteiger partial charge in [0.05, 0.1) is 0 Å². The molecule has 1 rings (SSSR count). The summed E-state index contributed by atoms with van der Waals surface area (Å²) in [6, 6.07) is 0. The van der Waals surface area contributed by atoms with Crippen LogP contribution in [-0.4, -0.2) is 14.8 Å². The Balaban J connectivity index is 2.88. The highest BCUT2D eigenvalue weighted by Crippen LogP contribution is 1.98. The molecular formula is C9H11N3. The van der Waals surface area contributed by atoms with E-state index in [1.165, 1.54) is 6.33 Å². The van der Waals surface area contributed by atoms with Crippen LogP contribution in [0.2, 0.25) is 0 Å². The summed E-state index contributed by atoms with van der Waals surface area (Å²) in [4.78, 5) is 3.97. The second-order valence-corrected chi connectivity index (χ2v) is 2.43. The molecule has 0 aromatic carbocycles. The first-order chi connectivity index (χ1) is 5.74. The topological polar surface area (TPSA) is 30.7 Å². The third-order valence-electron chi connectivity index (χ3n) is 1.28. The smallest absolute Gasteiger partial charge is 0.154 e. The van der Waals surface area contributed by atoms with E-state index in [-0.39, 0.29) is 0 Å². The van der Waals surface area contributed by atoms with Crippen LogP contribution in [0.1, 0.15) is 12.7 Å². The maximum Gasteiger partial charge on any atom is 0.154 e. The summed E-state index contributed by atoms with van der Waals surface area (Å²) in [5, 5.41) is 3.97.